The first-order valence-corrected chi connectivity index (χ1v) is 12.6. The number of aliphatic hydroxyl groups is 1. The van der Waals surface area contributed by atoms with Crippen molar-refractivity contribution in [2.24, 2.45) is 0 Å². The van der Waals surface area contributed by atoms with Gasteiger partial charge in [0.25, 0.3) is 7.82 Å². The lowest BCUT2D eigenvalue weighted by molar-refractivity contribution is -0.870. The van der Waals surface area contributed by atoms with Crippen molar-refractivity contribution in [3.8, 4) is 0 Å². The lowest BCUT2D eigenvalue weighted by Gasteiger charge is -2.27. The molecule has 0 aliphatic heterocycles. The van der Waals surface area contributed by atoms with Crippen LogP contribution in [0.15, 0.2) is 0 Å². The van der Waals surface area contributed by atoms with Gasteiger partial charge in [0.05, 0.1) is 39.9 Å². The third-order valence-electron chi connectivity index (χ3n) is 4.52. The highest BCUT2D eigenvalue weighted by atomic mass is 31.2. The zero-order chi connectivity index (χ0) is 31.1. The number of rotatable bonds is 21. The van der Waals surface area contributed by atoms with E-state index in [4.69, 9.17) is 17.1 Å². The summed E-state index contributed by atoms with van der Waals surface area (Å²) in [6.45, 7) is -12.2. The first-order chi connectivity index (χ1) is 18.3. The summed E-state index contributed by atoms with van der Waals surface area (Å²) in [7, 11) is -5.19. The minimum Gasteiger partial charge on any atom is -0.756 e. The Bertz CT molecular complexity index is 728. The zero-order valence-electron chi connectivity index (χ0n) is 27.7. The molecule has 9 heteroatoms. The Morgan fingerprint density at radius 3 is 2.06 bits per heavy atom. The number of likely N-dealkylation sites (N-methyl/N-ethyl adjacent to an activating group) is 1. The SMILES string of the molecule is [2H]C([2H])([2H])[N+](CCOP(=O)([O-])OC[C@H](O)COC(=O)CCCCCCCCCCCCC)(C([2H])([2H])[2H])C([2H])([2H])[2H]. The summed E-state index contributed by atoms with van der Waals surface area (Å²) in [5, 5.41) is 9.85. The lowest BCUT2D eigenvalue weighted by atomic mass is 10.1. The van der Waals surface area contributed by atoms with Crippen LogP contribution in [0.4, 0.5) is 0 Å². The standard InChI is InChI=1S/C22H46NO7P/c1-5-6-7-8-9-10-11-12-13-14-15-16-22(25)28-19-21(24)20-30-31(26,27)29-18-17-23(2,3)4/h21,24H,5-20H2,1-4H3/t21-/m1/s1/i2D3,3D3,4D3. The van der Waals surface area contributed by atoms with E-state index in [1.165, 1.54) is 44.9 Å². The summed E-state index contributed by atoms with van der Waals surface area (Å²) in [5.74, 6) is -0.551. The first-order valence-electron chi connectivity index (χ1n) is 15.6. The molecule has 0 radical (unpaired) electrons. The van der Waals surface area contributed by atoms with Crippen LogP contribution in [0.5, 0.6) is 0 Å². The zero-order valence-corrected chi connectivity index (χ0v) is 19.6. The summed E-state index contributed by atoms with van der Waals surface area (Å²) in [5.41, 5.74) is 0. The van der Waals surface area contributed by atoms with Gasteiger partial charge in [0.1, 0.15) is 25.9 Å². The molecule has 2 atom stereocenters. The molecule has 0 saturated heterocycles. The van der Waals surface area contributed by atoms with Crippen molar-refractivity contribution >= 4 is 13.8 Å². The average molecular weight is 477 g/mol. The second-order valence-corrected chi connectivity index (χ2v) is 9.14. The van der Waals surface area contributed by atoms with Crippen LogP contribution in [0.25, 0.3) is 0 Å². The molecule has 0 aliphatic carbocycles. The first kappa shape index (κ1) is 17.9. The number of quaternary nitrogens is 1. The topological polar surface area (TPSA) is 105 Å². The van der Waals surface area contributed by atoms with Gasteiger partial charge >= 0.3 is 5.97 Å². The van der Waals surface area contributed by atoms with Crippen LogP contribution < -0.4 is 4.89 Å². The highest BCUT2D eigenvalue weighted by molar-refractivity contribution is 7.45. The fraction of sp³-hybridized carbons (Fsp3) is 0.955. The van der Waals surface area contributed by atoms with Crippen LogP contribution in [-0.2, 0) is 23.1 Å². The third kappa shape index (κ3) is 22.5. The van der Waals surface area contributed by atoms with E-state index in [0.717, 1.165) is 19.3 Å². The van der Waals surface area contributed by atoms with Gasteiger partial charge in [-0.1, -0.05) is 71.1 Å². The maximum atomic E-state index is 12.0. The van der Waals surface area contributed by atoms with Gasteiger partial charge in [-0.05, 0) is 6.42 Å². The van der Waals surface area contributed by atoms with E-state index in [2.05, 4.69) is 16.0 Å². The molecule has 0 fully saturated rings. The summed E-state index contributed by atoms with van der Waals surface area (Å²) < 4.78 is 90.8. The van der Waals surface area contributed by atoms with Crippen molar-refractivity contribution in [2.75, 3.05) is 47.3 Å². The van der Waals surface area contributed by atoms with Crippen LogP contribution in [0.3, 0.4) is 0 Å². The van der Waals surface area contributed by atoms with E-state index in [9.17, 15) is 19.4 Å². The van der Waals surface area contributed by atoms with E-state index in [0.29, 0.717) is 6.42 Å². The number of nitrogens with zero attached hydrogens (tertiary/aromatic N) is 1. The van der Waals surface area contributed by atoms with Gasteiger partial charge in [0, 0.05) is 6.42 Å². The number of unbranched alkanes of at least 4 members (excludes halogenated alkanes) is 10. The number of phosphoric acid groups is 1. The van der Waals surface area contributed by atoms with Gasteiger partial charge in [-0.25, -0.2) is 0 Å². The van der Waals surface area contributed by atoms with E-state index in [1.54, 1.807) is 0 Å². The lowest BCUT2D eigenvalue weighted by Crippen LogP contribution is -2.37. The van der Waals surface area contributed by atoms with Gasteiger partial charge in [0.15, 0.2) is 0 Å². The van der Waals surface area contributed by atoms with Crippen molar-refractivity contribution in [3.63, 3.8) is 0 Å². The van der Waals surface area contributed by atoms with Crippen LogP contribution in [-0.4, -0.2) is 69.0 Å². The second-order valence-electron chi connectivity index (χ2n) is 7.73. The summed E-state index contributed by atoms with van der Waals surface area (Å²) in [6, 6.07) is 0. The smallest absolute Gasteiger partial charge is 0.305 e. The predicted octanol–water partition coefficient (Wildman–Crippen LogP) is 3.80. The molecule has 0 aromatic carbocycles. The van der Waals surface area contributed by atoms with E-state index in [1.807, 2.05) is 0 Å². The third-order valence-corrected chi connectivity index (χ3v) is 5.49. The minimum absolute atomic E-state index is 0.157. The van der Waals surface area contributed by atoms with E-state index in [-0.39, 0.29) is 6.42 Å². The number of ether oxygens (including phenoxy) is 1. The minimum atomic E-state index is -5.19. The molecular formula is C22H46NO7P. The second kappa shape index (κ2) is 18.0. The molecule has 0 heterocycles. The van der Waals surface area contributed by atoms with Crippen LogP contribution in [0.1, 0.15) is 96.3 Å². The molecule has 0 spiro atoms. The number of phosphoric ester groups is 1. The molecule has 0 aromatic rings. The van der Waals surface area contributed by atoms with Crippen molar-refractivity contribution in [1.29, 1.82) is 0 Å². The van der Waals surface area contributed by atoms with Crippen molar-refractivity contribution in [2.45, 2.75) is 90.1 Å². The maximum Gasteiger partial charge on any atom is 0.305 e. The molecule has 1 N–H and O–H groups in total. The molecule has 0 rings (SSSR count). The number of esters is 1. The van der Waals surface area contributed by atoms with Crippen LogP contribution in [0, 0.1) is 0 Å². The van der Waals surface area contributed by atoms with Crippen LogP contribution in [0.2, 0.25) is 0 Å². The Labute approximate surface area is 202 Å². The molecule has 186 valence electrons. The molecule has 0 amide bonds. The van der Waals surface area contributed by atoms with Crippen molar-refractivity contribution < 1.29 is 50.0 Å². The fourth-order valence-corrected chi connectivity index (χ4v) is 3.48. The summed E-state index contributed by atoms with van der Waals surface area (Å²) >= 11 is 0. The Hall–Kier alpha value is -0.500. The van der Waals surface area contributed by atoms with Gasteiger partial charge < -0.3 is 28.3 Å². The predicted molar refractivity (Wildman–Crippen MR) is 120 cm³/mol. The molecule has 0 aromatic heterocycles. The Morgan fingerprint density at radius 1 is 0.968 bits per heavy atom. The monoisotopic (exact) mass is 476 g/mol. The molecular weight excluding hydrogens is 421 g/mol. The fourth-order valence-electron chi connectivity index (χ4n) is 2.75. The largest absolute Gasteiger partial charge is 0.756 e. The van der Waals surface area contributed by atoms with Gasteiger partial charge in [-0.15, -0.1) is 0 Å². The summed E-state index contributed by atoms with van der Waals surface area (Å²) in [4.78, 5) is 23.8. The number of hydrogen-bond donors (Lipinski definition) is 1. The number of carbonyl (C=O) groups excluding carboxylic acids is 1. The Kier molecular flexibility index (Phi) is 10.4. The molecule has 0 saturated carbocycles. The quantitative estimate of drug-likeness (QED) is 0.116. The summed E-state index contributed by atoms with van der Waals surface area (Å²) in [6.07, 6.45) is 11.0. The molecule has 8 nitrogen and oxygen atoms in total. The van der Waals surface area contributed by atoms with E-state index >= 15 is 0 Å². The maximum absolute atomic E-state index is 12.0. The molecule has 0 aliphatic rings. The number of hydrogen-bond acceptors (Lipinski definition) is 7. The van der Waals surface area contributed by atoms with Gasteiger partial charge in [0.2, 0.25) is 0 Å². The highest BCUT2D eigenvalue weighted by Gasteiger charge is 2.16. The number of aliphatic hydroxyl groups excluding tert-OH is 1. The average Bonchev–Trinajstić information content (AvgIpc) is 2.80. The number of carbonyl (C=O) groups is 1. The van der Waals surface area contributed by atoms with Crippen molar-refractivity contribution in [1.82, 2.24) is 0 Å². The Balaban J connectivity index is 4.33. The van der Waals surface area contributed by atoms with Crippen LogP contribution >= 0.6 is 7.82 Å². The molecule has 1 unspecified atom stereocenters. The Morgan fingerprint density at radius 2 is 1.52 bits per heavy atom. The van der Waals surface area contributed by atoms with Crippen molar-refractivity contribution in [3.05, 3.63) is 0 Å². The van der Waals surface area contributed by atoms with E-state index < -0.39 is 71.7 Å². The normalized spacial score (nSPS) is 20.4. The van der Waals surface area contributed by atoms with Gasteiger partial charge in [-0.3, -0.25) is 9.36 Å². The van der Waals surface area contributed by atoms with Gasteiger partial charge in [-0.2, -0.15) is 0 Å². The molecule has 31 heavy (non-hydrogen) atoms. The molecule has 0 bridgehead atoms. The highest BCUT2D eigenvalue weighted by Crippen LogP contribution is 2.38.